The first-order valence-corrected chi connectivity index (χ1v) is 7.99. The lowest BCUT2D eigenvalue weighted by atomic mass is 9.67. The van der Waals surface area contributed by atoms with E-state index in [2.05, 4.69) is 41.0 Å². The zero-order valence-corrected chi connectivity index (χ0v) is 12.1. The van der Waals surface area contributed by atoms with Gasteiger partial charge in [-0.3, -0.25) is 0 Å². The maximum absolute atomic E-state index is 6.41. The van der Waals surface area contributed by atoms with Crippen molar-refractivity contribution < 1.29 is 0 Å². The molecule has 0 aromatic carbocycles. The number of alkyl halides is 1. The van der Waals surface area contributed by atoms with Gasteiger partial charge in [-0.25, -0.2) is 0 Å². The normalized spacial score (nSPS) is 21.0. The summed E-state index contributed by atoms with van der Waals surface area (Å²) >= 11 is 4.34. The third-order valence-corrected chi connectivity index (χ3v) is 5.25. The Labute approximate surface area is 110 Å². The Hall–Kier alpha value is 0.390. The monoisotopic (exact) mass is 335 g/mol. The van der Waals surface area contributed by atoms with Gasteiger partial charge >= 0.3 is 0 Å². The molecule has 2 rings (SSSR count). The Morgan fingerprint density at radius 3 is 2.87 bits per heavy atom. The third-order valence-electron chi connectivity index (χ3n) is 3.71. The molecule has 0 bridgehead atoms. The van der Waals surface area contributed by atoms with Crippen molar-refractivity contribution in [1.29, 1.82) is 0 Å². The molecule has 1 fully saturated rings. The van der Waals surface area contributed by atoms with Crippen LogP contribution in [0.3, 0.4) is 0 Å². The molecule has 1 aromatic rings. The highest BCUT2D eigenvalue weighted by atomic mass is 127. The molecule has 1 nitrogen and oxygen atoms in total. The maximum atomic E-state index is 6.41. The Bertz CT molecular complexity index is 330. The van der Waals surface area contributed by atoms with Gasteiger partial charge in [0, 0.05) is 20.8 Å². The molecular formula is C12H18INS. The molecule has 1 aromatic heterocycles. The van der Waals surface area contributed by atoms with Crippen LogP contribution in [-0.2, 0) is 6.42 Å². The number of aryl methyl sites for hydroxylation is 1. The van der Waals surface area contributed by atoms with E-state index in [0.29, 0.717) is 5.92 Å². The fourth-order valence-corrected chi connectivity index (χ4v) is 4.24. The van der Waals surface area contributed by atoms with Gasteiger partial charge in [0.15, 0.2) is 0 Å². The summed E-state index contributed by atoms with van der Waals surface area (Å²) in [5, 5.41) is 2.22. The van der Waals surface area contributed by atoms with Gasteiger partial charge in [-0.15, -0.1) is 11.3 Å². The van der Waals surface area contributed by atoms with Crippen LogP contribution in [0.25, 0.3) is 0 Å². The highest BCUT2D eigenvalue weighted by Gasteiger charge is 2.39. The summed E-state index contributed by atoms with van der Waals surface area (Å²) < 4.78 is 1.20. The zero-order chi connectivity index (χ0) is 10.9. The topological polar surface area (TPSA) is 26.0 Å². The van der Waals surface area contributed by atoms with Crippen LogP contribution >= 0.6 is 33.9 Å². The molecule has 3 heteroatoms. The number of thiophene rings is 1. The van der Waals surface area contributed by atoms with Crippen LogP contribution in [0.15, 0.2) is 11.4 Å². The Kier molecular flexibility index (Phi) is 3.73. The maximum Gasteiger partial charge on any atom is 0.0221 e. The second-order valence-electron chi connectivity index (χ2n) is 4.55. The molecule has 1 atom stereocenters. The molecule has 0 spiro atoms. The smallest absolute Gasteiger partial charge is 0.0221 e. The van der Waals surface area contributed by atoms with E-state index in [1.165, 1.54) is 35.7 Å². The minimum atomic E-state index is 0.0983. The molecule has 84 valence electrons. The van der Waals surface area contributed by atoms with Gasteiger partial charge in [-0.1, -0.05) is 29.5 Å². The van der Waals surface area contributed by atoms with Crippen molar-refractivity contribution in [2.24, 2.45) is 5.73 Å². The average Bonchev–Trinajstić information content (AvgIpc) is 2.62. The summed E-state index contributed by atoms with van der Waals surface area (Å²) in [5.41, 5.74) is 8.02. The first-order valence-electron chi connectivity index (χ1n) is 5.58. The van der Waals surface area contributed by atoms with Gasteiger partial charge in [0.1, 0.15) is 0 Å². The molecule has 2 N–H and O–H groups in total. The Morgan fingerprint density at radius 2 is 2.33 bits per heavy atom. The standard InChI is InChI=1S/C12H18INS/c1-9(12(14)5-2-6-12)10-4-8-15-11(10)3-7-13/h4,8-9H,2-3,5-7,14H2,1H3. The van der Waals surface area contributed by atoms with E-state index in [1.807, 2.05) is 11.3 Å². The van der Waals surface area contributed by atoms with Crippen molar-refractivity contribution in [1.82, 2.24) is 0 Å². The van der Waals surface area contributed by atoms with Crippen molar-refractivity contribution in [3.63, 3.8) is 0 Å². The Morgan fingerprint density at radius 1 is 1.60 bits per heavy atom. The predicted molar refractivity (Wildman–Crippen MR) is 76.1 cm³/mol. The number of hydrogen-bond acceptors (Lipinski definition) is 2. The quantitative estimate of drug-likeness (QED) is 0.659. The molecule has 1 saturated carbocycles. The SMILES string of the molecule is CC(c1ccsc1CCI)C1(N)CCC1. The summed E-state index contributed by atoms with van der Waals surface area (Å²) in [7, 11) is 0. The number of rotatable bonds is 4. The van der Waals surface area contributed by atoms with Crippen molar-refractivity contribution in [3.05, 3.63) is 21.9 Å². The highest BCUT2D eigenvalue weighted by molar-refractivity contribution is 14.1. The van der Waals surface area contributed by atoms with E-state index in [9.17, 15) is 0 Å². The lowest BCUT2D eigenvalue weighted by molar-refractivity contribution is 0.209. The molecule has 0 aliphatic heterocycles. The summed E-state index contributed by atoms with van der Waals surface area (Å²) in [6.07, 6.45) is 4.92. The first-order chi connectivity index (χ1) is 7.17. The van der Waals surface area contributed by atoms with Gasteiger partial charge in [0.25, 0.3) is 0 Å². The van der Waals surface area contributed by atoms with Crippen LogP contribution in [0.2, 0.25) is 0 Å². The zero-order valence-electron chi connectivity index (χ0n) is 9.13. The van der Waals surface area contributed by atoms with Gasteiger partial charge in [-0.05, 0) is 42.7 Å². The number of hydrogen-bond donors (Lipinski definition) is 1. The molecular weight excluding hydrogens is 317 g/mol. The average molecular weight is 335 g/mol. The molecule has 1 heterocycles. The van der Waals surface area contributed by atoms with Crippen molar-refractivity contribution >= 4 is 33.9 Å². The summed E-state index contributed by atoms with van der Waals surface area (Å²) in [6, 6.07) is 2.28. The lowest BCUT2D eigenvalue weighted by Crippen LogP contribution is -2.50. The first kappa shape index (κ1) is 11.9. The molecule has 0 amide bonds. The molecule has 1 unspecified atom stereocenters. The highest BCUT2D eigenvalue weighted by Crippen LogP contribution is 2.43. The van der Waals surface area contributed by atoms with Crippen LogP contribution in [0.1, 0.15) is 42.5 Å². The van der Waals surface area contributed by atoms with E-state index in [4.69, 9.17) is 5.73 Å². The van der Waals surface area contributed by atoms with Crippen LogP contribution in [0.5, 0.6) is 0 Å². The van der Waals surface area contributed by atoms with Crippen LogP contribution in [0.4, 0.5) is 0 Å². The van der Waals surface area contributed by atoms with Crippen LogP contribution in [-0.4, -0.2) is 9.97 Å². The fourth-order valence-electron chi connectivity index (χ4n) is 2.35. The minimum Gasteiger partial charge on any atom is -0.325 e. The second-order valence-corrected chi connectivity index (χ2v) is 6.63. The van der Waals surface area contributed by atoms with Gasteiger partial charge < -0.3 is 5.73 Å². The van der Waals surface area contributed by atoms with Crippen molar-refractivity contribution in [2.45, 2.75) is 44.1 Å². The van der Waals surface area contributed by atoms with Crippen LogP contribution in [0, 0.1) is 0 Å². The van der Waals surface area contributed by atoms with Crippen molar-refractivity contribution in [3.8, 4) is 0 Å². The summed E-state index contributed by atoms with van der Waals surface area (Å²) in [5.74, 6) is 0.537. The van der Waals surface area contributed by atoms with E-state index < -0.39 is 0 Å². The third kappa shape index (κ3) is 2.24. The second kappa shape index (κ2) is 4.72. The van der Waals surface area contributed by atoms with E-state index in [0.717, 1.165) is 0 Å². The van der Waals surface area contributed by atoms with E-state index in [1.54, 1.807) is 4.88 Å². The van der Waals surface area contributed by atoms with Gasteiger partial charge in [0.05, 0.1) is 0 Å². The van der Waals surface area contributed by atoms with Crippen LogP contribution < -0.4 is 5.73 Å². The minimum absolute atomic E-state index is 0.0983. The summed E-state index contributed by atoms with van der Waals surface area (Å²) in [4.78, 5) is 1.55. The molecule has 1 aliphatic rings. The van der Waals surface area contributed by atoms with E-state index >= 15 is 0 Å². The Balaban J connectivity index is 2.17. The van der Waals surface area contributed by atoms with Crippen molar-refractivity contribution in [2.75, 3.05) is 4.43 Å². The van der Waals surface area contributed by atoms with Gasteiger partial charge in [0.2, 0.25) is 0 Å². The fraction of sp³-hybridized carbons (Fsp3) is 0.667. The molecule has 0 radical (unpaired) electrons. The number of halogens is 1. The van der Waals surface area contributed by atoms with Gasteiger partial charge in [-0.2, -0.15) is 0 Å². The largest absolute Gasteiger partial charge is 0.325 e. The molecule has 1 aliphatic carbocycles. The number of nitrogens with two attached hydrogens (primary N) is 1. The van der Waals surface area contributed by atoms with E-state index in [-0.39, 0.29) is 5.54 Å². The molecule has 0 saturated heterocycles. The summed E-state index contributed by atoms with van der Waals surface area (Å²) in [6.45, 7) is 2.30. The predicted octanol–water partition coefficient (Wildman–Crippen LogP) is 3.71. The molecule has 15 heavy (non-hydrogen) atoms. The lowest BCUT2D eigenvalue weighted by Gasteiger charge is -2.43.